The summed E-state index contributed by atoms with van der Waals surface area (Å²) in [4.78, 5) is 18.1. The topological polar surface area (TPSA) is 64.2 Å². The van der Waals surface area contributed by atoms with Gasteiger partial charge in [-0.25, -0.2) is 9.78 Å². The Morgan fingerprint density at radius 3 is 2.72 bits per heavy atom. The van der Waals surface area contributed by atoms with E-state index in [1.807, 2.05) is 12.1 Å². The van der Waals surface area contributed by atoms with Gasteiger partial charge in [-0.2, -0.15) is 0 Å². The molecule has 1 aromatic carbocycles. The Labute approximate surface area is 105 Å². The predicted molar refractivity (Wildman–Crippen MR) is 66.2 cm³/mol. The summed E-state index contributed by atoms with van der Waals surface area (Å²) in [7, 11) is 0. The highest BCUT2D eigenvalue weighted by Crippen LogP contribution is 2.19. The average molecular weight is 246 g/mol. The van der Waals surface area contributed by atoms with Crippen LogP contribution in [0.15, 0.2) is 36.8 Å². The quantitative estimate of drug-likeness (QED) is 0.820. The standard InChI is InChI=1S/C13H14N2O3/c1-2-17-13(16)8-18-11-5-3-10(4-6-11)12-7-14-9-15-12/h3-7,9H,2,8H2,1H3,(H,14,15). The molecule has 18 heavy (non-hydrogen) atoms. The first-order chi connectivity index (χ1) is 8.79. The maximum atomic E-state index is 11.1. The second-order valence-electron chi connectivity index (χ2n) is 3.58. The van der Waals surface area contributed by atoms with Gasteiger partial charge in [0.15, 0.2) is 6.61 Å². The number of esters is 1. The molecule has 0 bridgehead atoms. The molecule has 0 aliphatic rings. The van der Waals surface area contributed by atoms with Gasteiger partial charge in [0.1, 0.15) is 5.75 Å². The number of nitrogens with one attached hydrogen (secondary N) is 1. The number of H-pyrrole nitrogens is 1. The van der Waals surface area contributed by atoms with Crippen molar-refractivity contribution in [2.24, 2.45) is 0 Å². The molecule has 1 N–H and O–H groups in total. The van der Waals surface area contributed by atoms with Gasteiger partial charge in [0, 0.05) is 0 Å². The monoisotopic (exact) mass is 246 g/mol. The largest absolute Gasteiger partial charge is 0.482 e. The number of aromatic amines is 1. The van der Waals surface area contributed by atoms with E-state index in [4.69, 9.17) is 9.47 Å². The molecule has 1 aromatic heterocycles. The van der Waals surface area contributed by atoms with Gasteiger partial charge in [-0.05, 0) is 36.8 Å². The smallest absolute Gasteiger partial charge is 0.344 e. The number of hydrogen-bond acceptors (Lipinski definition) is 4. The van der Waals surface area contributed by atoms with Crippen molar-refractivity contribution in [3.63, 3.8) is 0 Å². The molecule has 2 rings (SSSR count). The second kappa shape index (κ2) is 5.86. The maximum Gasteiger partial charge on any atom is 0.344 e. The average Bonchev–Trinajstić information content (AvgIpc) is 2.91. The molecule has 5 nitrogen and oxygen atoms in total. The molecule has 2 aromatic rings. The number of carbonyl (C=O) groups excluding carboxylic acids is 1. The minimum Gasteiger partial charge on any atom is -0.482 e. The van der Waals surface area contributed by atoms with E-state index in [9.17, 15) is 4.79 Å². The van der Waals surface area contributed by atoms with Crippen molar-refractivity contribution < 1.29 is 14.3 Å². The van der Waals surface area contributed by atoms with Gasteiger partial charge in [0.05, 0.1) is 24.8 Å². The summed E-state index contributed by atoms with van der Waals surface area (Å²) in [6.45, 7) is 2.05. The lowest BCUT2D eigenvalue weighted by molar-refractivity contribution is -0.145. The molecule has 0 saturated carbocycles. The first-order valence-electron chi connectivity index (χ1n) is 5.67. The third-order valence-corrected chi connectivity index (χ3v) is 2.33. The molecular weight excluding hydrogens is 232 g/mol. The zero-order valence-corrected chi connectivity index (χ0v) is 10.1. The number of imidazole rings is 1. The lowest BCUT2D eigenvalue weighted by atomic mass is 10.2. The Morgan fingerprint density at radius 1 is 1.33 bits per heavy atom. The Kier molecular flexibility index (Phi) is 3.96. The molecule has 0 aliphatic carbocycles. The van der Waals surface area contributed by atoms with E-state index in [0.29, 0.717) is 12.4 Å². The van der Waals surface area contributed by atoms with Crippen molar-refractivity contribution in [2.75, 3.05) is 13.2 Å². The van der Waals surface area contributed by atoms with Crippen LogP contribution in [0.25, 0.3) is 11.3 Å². The minimum atomic E-state index is -0.366. The fourth-order valence-electron chi connectivity index (χ4n) is 1.49. The van der Waals surface area contributed by atoms with Gasteiger partial charge in [0.2, 0.25) is 0 Å². The van der Waals surface area contributed by atoms with E-state index >= 15 is 0 Å². The summed E-state index contributed by atoms with van der Waals surface area (Å²) in [5, 5.41) is 0. The zero-order chi connectivity index (χ0) is 12.8. The fourth-order valence-corrected chi connectivity index (χ4v) is 1.49. The van der Waals surface area contributed by atoms with Crippen LogP contribution in [0.2, 0.25) is 0 Å². The van der Waals surface area contributed by atoms with E-state index in [1.54, 1.807) is 31.6 Å². The van der Waals surface area contributed by atoms with Crippen LogP contribution in [0.1, 0.15) is 6.92 Å². The first kappa shape index (κ1) is 12.2. The Balaban J connectivity index is 1.94. The Hall–Kier alpha value is -2.30. The number of benzene rings is 1. The van der Waals surface area contributed by atoms with E-state index in [1.165, 1.54) is 0 Å². The van der Waals surface area contributed by atoms with Crippen LogP contribution in [-0.4, -0.2) is 29.2 Å². The summed E-state index contributed by atoms with van der Waals surface area (Å²) >= 11 is 0. The third kappa shape index (κ3) is 3.10. The first-order valence-corrected chi connectivity index (χ1v) is 5.67. The van der Waals surface area contributed by atoms with Gasteiger partial charge in [-0.15, -0.1) is 0 Å². The van der Waals surface area contributed by atoms with Crippen molar-refractivity contribution in [3.05, 3.63) is 36.8 Å². The van der Waals surface area contributed by atoms with Crippen LogP contribution >= 0.6 is 0 Å². The van der Waals surface area contributed by atoms with E-state index in [0.717, 1.165) is 11.3 Å². The lowest BCUT2D eigenvalue weighted by Gasteiger charge is -2.06. The third-order valence-electron chi connectivity index (χ3n) is 2.33. The summed E-state index contributed by atoms with van der Waals surface area (Å²) in [6.07, 6.45) is 3.37. The molecule has 0 fully saturated rings. The van der Waals surface area contributed by atoms with Gasteiger partial charge >= 0.3 is 5.97 Å². The van der Waals surface area contributed by atoms with Crippen molar-refractivity contribution in [1.29, 1.82) is 0 Å². The Morgan fingerprint density at radius 2 is 2.11 bits per heavy atom. The zero-order valence-electron chi connectivity index (χ0n) is 10.1. The highest BCUT2D eigenvalue weighted by Gasteiger charge is 2.03. The summed E-state index contributed by atoms with van der Waals surface area (Å²) in [5.41, 5.74) is 1.95. The molecule has 5 heteroatoms. The van der Waals surface area contributed by atoms with E-state index in [-0.39, 0.29) is 12.6 Å². The highest BCUT2D eigenvalue weighted by molar-refractivity contribution is 5.71. The highest BCUT2D eigenvalue weighted by atomic mass is 16.6. The summed E-state index contributed by atoms with van der Waals surface area (Å²) in [6, 6.07) is 7.40. The second-order valence-corrected chi connectivity index (χ2v) is 3.58. The molecule has 94 valence electrons. The van der Waals surface area contributed by atoms with Gasteiger partial charge in [-0.3, -0.25) is 0 Å². The molecular formula is C13H14N2O3. The van der Waals surface area contributed by atoms with Crippen molar-refractivity contribution >= 4 is 5.97 Å². The molecule has 0 unspecified atom stereocenters. The fraction of sp³-hybridized carbons (Fsp3) is 0.231. The number of carbonyl (C=O) groups is 1. The van der Waals surface area contributed by atoms with Crippen molar-refractivity contribution in [3.8, 4) is 17.0 Å². The SMILES string of the molecule is CCOC(=O)COc1ccc(-c2cnc[nH]2)cc1. The van der Waals surface area contributed by atoms with Crippen LogP contribution in [0, 0.1) is 0 Å². The maximum absolute atomic E-state index is 11.1. The molecule has 1 heterocycles. The van der Waals surface area contributed by atoms with Crippen LogP contribution in [0.3, 0.4) is 0 Å². The van der Waals surface area contributed by atoms with Gasteiger partial charge in [0.25, 0.3) is 0 Å². The lowest BCUT2D eigenvalue weighted by Crippen LogP contribution is -2.14. The van der Waals surface area contributed by atoms with Crippen LogP contribution in [-0.2, 0) is 9.53 Å². The van der Waals surface area contributed by atoms with Crippen LogP contribution < -0.4 is 4.74 Å². The van der Waals surface area contributed by atoms with Crippen molar-refractivity contribution in [2.45, 2.75) is 6.92 Å². The summed E-state index contributed by atoms with van der Waals surface area (Å²) in [5.74, 6) is 0.265. The molecule has 0 atom stereocenters. The molecule has 0 amide bonds. The normalized spacial score (nSPS) is 10.1. The van der Waals surface area contributed by atoms with Crippen molar-refractivity contribution in [1.82, 2.24) is 9.97 Å². The van der Waals surface area contributed by atoms with Crippen LogP contribution in [0.4, 0.5) is 0 Å². The molecule has 0 saturated heterocycles. The molecule has 0 spiro atoms. The number of nitrogens with zero attached hydrogens (tertiary/aromatic N) is 1. The minimum absolute atomic E-state index is 0.0722. The van der Waals surface area contributed by atoms with Crippen LogP contribution in [0.5, 0.6) is 5.75 Å². The predicted octanol–water partition coefficient (Wildman–Crippen LogP) is 2.02. The Bertz CT molecular complexity index is 491. The molecule has 0 radical (unpaired) electrons. The van der Waals surface area contributed by atoms with E-state index in [2.05, 4.69) is 9.97 Å². The van der Waals surface area contributed by atoms with E-state index < -0.39 is 0 Å². The number of aromatic nitrogens is 2. The van der Waals surface area contributed by atoms with Gasteiger partial charge in [-0.1, -0.05) is 0 Å². The number of hydrogen-bond donors (Lipinski definition) is 1. The number of rotatable bonds is 5. The number of ether oxygens (including phenoxy) is 2. The summed E-state index contributed by atoms with van der Waals surface area (Å²) < 4.78 is 10.1. The van der Waals surface area contributed by atoms with Gasteiger partial charge < -0.3 is 14.5 Å². The molecule has 0 aliphatic heterocycles.